The third-order valence-corrected chi connectivity index (χ3v) is 3.15. The Kier molecular flexibility index (Phi) is 6.89. The Balaban J connectivity index is 2.37. The lowest BCUT2D eigenvalue weighted by molar-refractivity contribution is 0.236. The monoisotopic (exact) mass is 265 g/mol. The van der Waals surface area contributed by atoms with Gasteiger partial charge >= 0.3 is 0 Å². The van der Waals surface area contributed by atoms with Gasteiger partial charge in [-0.1, -0.05) is 26.0 Å². The zero-order chi connectivity index (χ0) is 14.1. The third kappa shape index (κ3) is 6.60. The standard InChI is InChI=1S/C16H27NO2/c1-4-19-15-8-5-7-14(11-15)12-17-13-16(2,3)9-6-10-18/h5,7-8,11,17-18H,4,6,9-10,12-13H2,1-3H3. The Morgan fingerprint density at radius 2 is 2.11 bits per heavy atom. The van der Waals surface area contributed by atoms with E-state index < -0.39 is 0 Å². The number of rotatable bonds is 9. The van der Waals surface area contributed by atoms with Crippen LogP contribution in [0.15, 0.2) is 24.3 Å². The Labute approximate surface area is 117 Å². The summed E-state index contributed by atoms with van der Waals surface area (Å²) in [7, 11) is 0. The van der Waals surface area contributed by atoms with Crippen molar-refractivity contribution < 1.29 is 9.84 Å². The van der Waals surface area contributed by atoms with E-state index in [1.54, 1.807) is 0 Å². The van der Waals surface area contributed by atoms with Crippen molar-refractivity contribution in [3.63, 3.8) is 0 Å². The van der Waals surface area contributed by atoms with E-state index in [2.05, 4.69) is 31.3 Å². The predicted molar refractivity (Wildman–Crippen MR) is 79.4 cm³/mol. The fourth-order valence-corrected chi connectivity index (χ4v) is 2.10. The van der Waals surface area contributed by atoms with Crippen LogP contribution in [0.4, 0.5) is 0 Å². The number of aliphatic hydroxyl groups is 1. The number of ether oxygens (including phenoxy) is 1. The van der Waals surface area contributed by atoms with Crippen LogP contribution < -0.4 is 10.1 Å². The van der Waals surface area contributed by atoms with Crippen molar-refractivity contribution in [2.24, 2.45) is 5.41 Å². The minimum absolute atomic E-state index is 0.222. The number of hydrogen-bond donors (Lipinski definition) is 2. The number of benzene rings is 1. The lowest BCUT2D eigenvalue weighted by Crippen LogP contribution is -2.29. The second-order valence-corrected chi connectivity index (χ2v) is 5.68. The van der Waals surface area contributed by atoms with E-state index in [1.165, 1.54) is 5.56 Å². The minimum atomic E-state index is 0.222. The van der Waals surface area contributed by atoms with Crippen molar-refractivity contribution in [3.05, 3.63) is 29.8 Å². The average Bonchev–Trinajstić information content (AvgIpc) is 2.37. The molecule has 3 heteroatoms. The first-order valence-corrected chi connectivity index (χ1v) is 7.11. The Bertz CT molecular complexity index is 364. The molecule has 2 N–H and O–H groups in total. The molecule has 3 nitrogen and oxygen atoms in total. The van der Waals surface area contributed by atoms with Crippen LogP contribution in [0.25, 0.3) is 0 Å². The maximum absolute atomic E-state index is 8.88. The van der Waals surface area contributed by atoms with Crippen LogP contribution in [0.5, 0.6) is 5.75 Å². The van der Waals surface area contributed by atoms with Crippen molar-refractivity contribution in [2.45, 2.75) is 40.2 Å². The van der Waals surface area contributed by atoms with Gasteiger partial charge in [0, 0.05) is 19.7 Å². The molecule has 108 valence electrons. The Hall–Kier alpha value is -1.06. The first kappa shape index (κ1) is 16.0. The number of hydrogen-bond acceptors (Lipinski definition) is 3. The summed E-state index contributed by atoms with van der Waals surface area (Å²) >= 11 is 0. The molecule has 0 bridgehead atoms. The normalized spacial score (nSPS) is 11.6. The fourth-order valence-electron chi connectivity index (χ4n) is 2.10. The highest BCUT2D eigenvalue weighted by Gasteiger charge is 2.16. The molecular formula is C16H27NO2. The van der Waals surface area contributed by atoms with Gasteiger partial charge in [0.1, 0.15) is 5.75 Å². The van der Waals surface area contributed by atoms with Crippen LogP contribution in [0.2, 0.25) is 0 Å². The molecule has 0 saturated carbocycles. The molecule has 0 heterocycles. The van der Waals surface area contributed by atoms with Gasteiger partial charge in [0.2, 0.25) is 0 Å². The van der Waals surface area contributed by atoms with Crippen LogP contribution in [-0.4, -0.2) is 24.9 Å². The maximum Gasteiger partial charge on any atom is 0.119 e. The lowest BCUT2D eigenvalue weighted by Gasteiger charge is -2.24. The maximum atomic E-state index is 8.88. The highest BCUT2D eigenvalue weighted by atomic mass is 16.5. The zero-order valence-electron chi connectivity index (χ0n) is 12.4. The Morgan fingerprint density at radius 3 is 2.79 bits per heavy atom. The fraction of sp³-hybridized carbons (Fsp3) is 0.625. The minimum Gasteiger partial charge on any atom is -0.494 e. The van der Waals surface area contributed by atoms with Crippen molar-refractivity contribution >= 4 is 0 Å². The van der Waals surface area contributed by atoms with Crippen LogP contribution in [0.3, 0.4) is 0 Å². The van der Waals surface area contributed by atoms with Crippen molar-refractivity contribution in [2.75, 3.05) is 19.8 Å². The van der Waals surface area contributed by atoms with Crippen LogP contribution in [0.1, 0.15) is 39.2 Å². The smallest absolute Gasteiger partial charge is 0.119 e. The van der Waals surface area contributed by atoms with Crippen molar-refractivity contribution in [1.82, 2.24) is 5.32 Å². The third-order valence-electron chi connectivity index (χ3n) is 3.15. The molecule has 0 radical (unpaired) electrons. The molecule has 0 unspecified atom stereocenters. The van der Waals surface area contributed by atoms with Gasteiger partial charge in [-0.15, -0.1) is 0 Å². The van der Waals surface area contributed by atoms with E-state index in [0.717, 1.165) is 31.7 Å². The first-order chi connectivity index (χ1) is 9.07. The van der Waals surface area contributed by atoms with Gasteiger partial charge in [0.05, 0.1) is 6.61 Å². The average molecular weight is 265 g/mol. The van der Waals surface area contributed by atoms with Gasteiger partial charge in [0.25, 0.3) is 0 Å². The van der Waals surface area contributed by atoms with E-state index in [9.17, 15) is 0 Å². The summed E-state index contributed by atoms with van der Waals surface area (Å²) < 4.78 is 5.49. The van der Waals surface area contributed by atoms with Crippen molar-refractivity contribution in [1.29, 1.82) is 0 Å². The molecule has 0 fully saturated rings. The summed E-state index contributed by atoms with van der Waals surface area (Å²) in [5.74, 6) is 0.932. The quantitative estimate of drug-likeness (QED) is 0.721. The van der Waals surface area contributed by atoms with Gasteiger partial charge in [0.15, 0.2) is 0 Å². The molecule has 19 heavy (non-hydrogen) atoms. The van der Waals surface area contributed by atoms with Crippen LogP contribution in [-0.2, 0) is 6.54 Å². The molecule has 0 amide bonds. The lowest BCUT2D eigenvalue weighted by atomic mass is 9.88. The molecule has 0 aliphatic heterocycles. The topological polar surface area (TPSA) is 41.5 Å². The second kappa shape index (κ2) is 8.18. The van der Waals surface area contributed by atoms with E-state index >= 15 is 0 Å². The number of nitrogens with one attached hydrogen (secondary N) is 1. The Morgan fingerprint density at radius 1 is 1.32 bits per heavy atom. The summed E-state index contributed by atoms with van der Waals surface area (Å²) in [5, 5.41) is 12.4. The van der Waals surface area contributed by atoms with Crippen molar-refractivity contribution in [3.8, 4) is 5.75 Å². The second-order valence-electron chi connectivity index (χ2n) is 5.68. The molecule has 0 aliphatic rings. The number of aliphatic hydroxyl groups excluding tert-OH is 1. The summed E-state index contributed by atoms with van der Waals surface area (Å²) in [6, 6.07) is 8.20. The summed E-state index contributed by atoms with van der Waals surface area (Å²) in [4.78, 5) is 0. The molecule has 0 saturated heterocycles. The molecule has 0 aromatic heterocycles. The molecule has 1 rings (SSSR count). The van der Waals surface area contributed by atoms with Crippen LogP contribution in [0, 0.1) is 5.41 Å². The summed E-state index contributed by atoms with van der Waals surface area (Å²) in [6.45, 7) is 9.23. The SMILES string of the molecule is CCOc1cccc(CNCC(C)(C)CCCO)c1. The highest BCUT2D eigenvalue weighted by molar-refractivity contribution is 5.28. The molecular weight excluding hydrogens is 238 g/mol. The van der Waals surface area contributed by atoms with Crippen LogP contribution >= 0.6 is 0 Å². The molecule has 1 aromatic carbocycles. The predicted octanol–water partition coefficient (Wildman–Crippen LogP) is 2.97. The first-order valence-electron chi connectivity index (χ1n) is 7.11. The molecule has 0 atom stereocenters. The molecule has 0 aliphatic carbocycles. The molecule has 1 aromatic rings. The largest absolute Gasteiger partial charge is 0.494 e. The summed E-state index contributed by atoms with van der Waals surface area (Å²) in [5.41, 5.74) is 1.46. The van der Waals surface area contributed by atoms with E-state index in [4.69, 9.17) is 9.84 Å². The van der Waals surface area contributed by atoms with E-state index in [1.807, 2.05) is 19.1 Å². The van der Waals surface area contributed by atoms with Gasteiger partial charge < -0.3 is 15.2 Å². The summed E-state index contributed by atoms with van der Waals surface area (Å²) in [6.07, 6.45) is 1.91. The van der Waals surface area contributed by atoms with Gasteiger partial charge in [-0.25, -0.2) is 0 Å². The van der Waals surface area contributed by atoms with Gasteiger partial charge in [-0.3, -0.25) is 0 Å². The molecule has 0 spiro atoms. The van der Waals surface area contributed by atoms with E-state index in [0.29, 0.717) is 6.61 Å². The highest BCUT2D eigenvalue weighted by Crippen LogP contribution is 2.21. The van der Waals surface area contributed by atoms with Gasteiger partial charge in [-0.2, -0.15) is 0 Å². The zero-order valence-corrected chi connectivity index (χ0v) is 12.4. The van der Waals surface area contributed by atoms with E-state index in [-0.39, 0.29) is 12.0 Å². The van der Waals surface area contributed by atoms with Gasteiger partial charge in [-0.05, 0) is 42.9 Å².